The van der Waals surface area contributed by atoms with E-state index in [1.807, 2.05) is 18.2 Å². The number of nitrogens with zero attached hydrogens (tertiary/aromatic N) is 2. The molecule has 2 N–H and O–H groups in total. The first-order valence-corrected chi connectivity index (χ1v) is 6.60. The summed E-state index contributed by atoms with van der Waals surface area (Å²) < 4.78 is 11.3. The van der Waals surface area contributed by atoms with E-state index < -0.39 is 0 Å². The Hall–Kier alpha value is -1.59. The number of benzene rings is 1. The van der Waals surface area contributed by atoms with Gasteiger partial charge in [0.15, 0.2) is 5.58 Å². The number of rotatable bonds is 3. The molecule has 1 aromatic carbocycles. The van der Waals surface area contributed by atoms with Gasteiger partial charge in [-0.3, -0.25) is 4.90 Å². The van der Waals surface area contributed by atoms with E-state index in [-0.39, 0.29) is 6.10 Å². The second kappa shape index (κ2) is 4.83. The molecule has 1 aliphatic rings. The Morgan fingerprint density at radius 1 is 1.47 bits per heavy atom. The number of ether oxygens (including phenoxy) is 1. The Kier molecular flexibility index (Phi) is 3.16. The van der Waals surface area contributed by atoms with Gasteiger partial charge in [-0.1, -0.05) is 0 Å². The first-order chi connectivity index (χ1) is 9.13. The lowest BCUT2D eigenvalue weighted by molar-refractivity contribution is 0.0788. The lowest BCUT2D eigenvalue weighted by atomic mass is 10.1. The number of fused-ring (bicyclic) bond motifs is 1. The highest BCUT2D eigenvalue weighted by atomic mass is 16.5. The van der Waals surface area contributed by atoms with Gasteiger partial charge in [-0.25, -0.2) is 4.98 Å². The topological polar surface area (TPSA) is 64.5 Å². The highest BCUT2D eigenvalue weighted by molar-refractivity contribution is 5.76. The molecule has 3 rings (SSSR count). The lowest BCUT2D eigenvalue weighted by Gasteiger charge is -2.24. The van der Waals surface area contributed by atoms with E-state index in [1.54, 1.807) is 0 Å². The molecular weight excluding hydrogens is 242 g/mol. The van der Waals surface area contributed by atoms with Crippen molar-refractivity contribution in [1.82, 2.24) is 9.88 Å². The van der Waals surface area contributed by atoms with Crippen molar-refractivity contribution < 1.29 is 9.15 Å². The minimum absolute atomic E-state index is 0.269. The summed E-state index contributed by atoms with van der Waals surface area (Å²) in [5.74, 6) is 0.724. The molecule has 1 aliphatic heterocycles. The van der Waals surface area contributed by atoms with Gasteiger partial charge < -0.3 is 14.9 Å². The zero-order valence-corrected chi connectivity index (χ0v) is 11.3. The Balaban J connectivity index is 1.77. The fraction of sp³-hybridized carbons (Fsp3) is 0.500. The molecule has 2 aromatic rings. The molecule has 0 bridgehead atoms. The second-order valence-corrected chi connectivity index (χ2v) is 5.18. The molecule has 2 unspecified atom stereocenters. The van der Waals surface area contributed by atoms with E-state index in [0.717, 1.165) is 30.0 Å². The van der Waals surface area contributed by atoms with Crippen LogP contribution in [0.3, 0.4) is 0 Å². The summed E-state index contributed by atoms with van der Waals surface area (Å²) in [6, 6.07) is 5.97. The van der Waals surface area contributed by atoms with Crippen molar-refractivity contribution in [3.63, 3.8) is 0 Å². The maximum Gasteiger partial charge on any atom is 0.209 e. The monoisotopic (exact) mass is 261 g/mol. The zero-order chi connectivity index (χ0) is 13.4. The van der Waals surface area contributed by atoms with Crippen LogP contribution in [0.4, 0.5) is 5.69 Å². The summed E-state index contributed by atoms with van der Waals surface area (Å²) in [5.41, 5.74) is 8.04. The van der Waals surface area contributed by atoms with Crippen LogP contribution in [0.25, 0.3) is 11.1 Å². The van der Waals surface area contributed by atoms with Crippen molar-refractivity contribution in [2.24, 2.45) is 0 Å². The molecule has 19 heavy (non-hydrogen) atoms. The van der Waals surface area contributed by atoms with E-state index in [4.69, 9.17) is 14.9 Å². The number of aromatic nitrogens is 1. The standard InChI is InChI=1S/C14H19N3O2/c1-9-12(5-6-18-9)17(2)8-14-16-11-4-3-10(15)7-13(11)19-14/h3-4,7,9,12H,5-6,8,15H2,1-2H3. The highest BCUT2D eigenvalue weighted by Crippen LogP contribution is 2.22. The average molecular weight is 261 g/mol. The van der Waals surface area contributed by atoms with E-state index in [0.29, 0.717) is 18.3 Å². The van der Waals surface area contributed by atoms with Gasteiger partial charge in [0.05, 0.1) is 12.6 Å². The van der Waals surface area contributed by atoms with Crippen LogP contribution in [0, 0.1) is 0 Å². The summed E-state index contributed by atoms with van der Waals surface area (Å²) >= 11 is 0. The largest absolute Gasteiger partial charge is 0.439 e. The third-order valence-corrected chi connectivity index (χ3v) is 3.74. The zero-order valence-electron chi connectivity index (χ0n) is 11.3. The Morgan fingerprint density at radius 3 is 3.05 bits per heavy atom. The molecule has 1 saturated heterocycles. The van der Waals surface area contributed by atoms with Gasteiger partial charge in [-0.05, 0) is 32.5 Å². The van der Waals surface area contributed by atoms with Crippen LogP contribution in [-0.4, -0.2) is 35.7 Å². The Labute approximate surface area is 112 Å². The van der Waals surface area contributed by atoms with Gasteiger partial charge in [0.1, 0.15) is 5.52 Å². The Morgan fingerprint density at radius 2 is 2.32 bits per heavy atom. The number of oxazole rings is 1. The van der Waals surface area contributed by atoms with Crippen molar-refractivity contribution in [2.45, 2.75) is 32.0 Å². The second-order valence-electron chi connectivity index (χ2n) is 5.18. The summed E-state index contributed by atoms with van der Waals surface area (Å²) in [5, 5.41) is 0. The van der Waals surface area contributed by atoms with Crippen LogP contribution in [0.5, 0.6) is 0 Å². The molecule has 5 nitrogen and oxygen atoms in total. The third-order valence-electron chi connectivity index (χ3n) is 3.74. The quantitative estimate of drug-likeness (QED) is 0.856. The minimum atomic E-state index is 0.269. The van der Waals surface area contributed by atoms with Crippen LogP contribution >= 0.6 is 0 Å². The molecule has 102 valence electrons. The molecule has 0 spiro atoms. The van der Waals surface area contributed by atoms with Crippen molar-refractivity contribution in [3.8, 4) is 0 Å². The van der Waals surface area contributed by atoms with E-state index in [2.05, 4.69) is 23.9 Å². The van der Waals surface area contributed by atoms with Crippen LogP contribution < -0.4 is 5.73 Å². The molecule has 0 saturated carbocycles. The van der Waals surface area contributed by atoms with Crippen molar-refractivity contribution in [1.29, 1.82) is 0 Å². The van der Waals surface area contributed by atoms with Crippen molar-refractivity contribution in [2.75, 3.05) is 19.4 Å². The molecule has 5 heteroatoms. The van der Waals surface area contributed by atoms with Gasteiger partial charge in [0.25, 0.3) is 0 Å². The fourth-order valence-corrected chi connectivity index (χ4v) is 2.69. The maximum atomic E-state index is 5.74. The van der Waals surface area contributed by atoms with Gasteiger partial charge in [-0.15, -0.1) is 0 Å². The van der Waals surface area contributed by atoms with Crippen LogP contribution in [0.2, 0.25) is 0 Å². The van der Waals surface area contributed by atoms with Crippen molar-refractivity contribution in [3.05, 3.63) is 24.1 Å². The Bertz CT molecular complexity index is 581. The SMILES string of the molecule is CC1OCCC1N(C)Cc1nc2ccc(N)cc2o1. The summed E-state index contributed by atoms with van der Waals surface area (Å²) in [6.07, 6.45) is 1.33. The molecule has 1 fully saturated rings. The average Bonchev–Trinajstić information content (AvgIpc) is 2.94. The third kappa shape index (κ3) is 2.43. The molecule has 0 amide bonds. The van der Waals surface area contributed by atoms with Crippen molar-refractivity contribution >= 4 is 16.8 Å². The predicted octanol–water partition coefficient (Wildman–Crippen LogP) is 2.02. The number of nitrogens with two attached hydrogens (primary N) is 1. The van der Waals surface area contributed by atoms with Gasteiger partial charge in [-0.2, -0.15) is 0 Å². The van der Waals surface area contributed by atoms with Gasteiger partial charge in [0.2, 0.25) is 5.89 Å². The van der Waals surface area contributed by atoms with Gasteiger partial charge >= 0.3 is 0 Å². The smallest absolute Gasteiger partial charge is 0.209 e. The molecule has 2 heterocycles. The van der Waals surface area contributed by atoms with Crippen LogP contribution in [-0.2, 0) is 11.3 Å². The molecule has 2 atom stereocenters. The van der Waals surface area contributed by atoms with E-state index in [9.17, 15) is 0 Å². The van der Waals surface area contributed by atoms with E-state index in [1.165, 1.54) is 0 Å². The lowest BCUT2D eigenvalue weighted by Crippen LogP contribution is -2.36. The van der Waals surface area contributed by atoms with Crippen LogP contribution in [0.15, 0.2) is 22.6 Å². The maximum absolute atomic E-state index is 5.74. The molecule has 0 aliphatic carbocycles. The number of hydrogen-bond donors (Lipinski definition) is 1. The number of anilines is 1. The molecule has 1 aromatic heterocycles. The predicted molar refractivity (Wildman–Crippen MR) is 73.7 cm³/mol. The van der Waals surface area contributed by atoms with Gasteiger partial charge in [0, 0.05) is 24.4 Å². The highest BCUT2D eigenvalue weighted by Gasteiger charge is 2.28. The fourth-order valence-electron chi connectivity index (χ4n) is 2.69. The summed E-state index contributed by atoms with van der Waals surface area (Å²) in [7, 11) is 2.08. The number of hydrogen-bond acceptors (Lipinski definition) is 5. The first kappa shape index (κ1) is 12.4. The summed E-state index contributed by atoms with van der Waals surface area (Å²) in [6.45, 7) is 3.63. The minimum Gasteiger partial charge on any atom is -0.439 e. The number of nitrogen functional groups attached to an aromatic ring is 1. The first-order valence-electron chi connectivity index (χ1n) is 6.60. The normalized spacial score (nSPS) is 23.5. The molecular formula is C14H19N3O2. The summed E-state index contributed by atoms with van der Waals surface area (Å²) in [4.78, 5) is 6.73. The van der Waals surface area contributed by atoms with Crippen LogP contribution in [0.1, 0.15) is 19.2 Å². The molecule has 0 radical (unpaired) electrons. The van der Waals surface area contributed by atoms with E-state index >= 15 is 0 Å². The number of likely N-dealkylation sites (N-methyl/N-ethyl adjacent to an activating group) is 1.